The van der Waals surface area contributed by atoms with E-state index in [1.165, 1.54) is 26.4 Å². The first-order chi connectivity index (χ1) is 14.5. The Morgan fingerprint density at radius 3 is 2.83 bits per heavy atom. The lowest BCUT2D eigenvalue weighted by atomic mass is 9.78. The van der Waals surface area contributed by atoms with Gasteiger partial charge in [-0.1, -0.05) is 43.0 Å². The molecule has 0 amide bonds. The van der Waals surface area contributed by atoms with E-state index in [9.17, 15) is 9.59 Å². The number of ether oxygens (including phenoxy) is 2. The van der Waals surface area contributed by atoms with Crippen molar-refractivity contribution in [1.82, 2.24) is 9.78 Å². The van der Waals surface area contributed by atoms with Gasteiger partial charge in [0.25, 0.3) is 5.56 Å². The summed E-state index contributed by atoms with van der Waals surface area (Å²) in [6.45, 7) is 0.701. The minimum Gasteiger partial charge on any atom is -0.465 e. The summed E-state index contributed by atoms with van der Waals surface area (Å²) in [6, 6.07) is 6.82. The highest BCUT2D eigenvalue weighted by molar-refractivity contribution is 6.33. The van der Waals surface area contributed by atoms with Gasteiger partial charge in [0.1, 0.15) is 5.02 Å². The SMILES string of the molecule is COC(=O)c1ccccc1-n1ncc(NC2CCOC3(CCCCC3)C2)c(Cl)c1=O. The molecule has 1 saturated carbocycles. The van der Waals surface area contributed by atoms with Crippen LogP contribution in [0.4, 0.5) is 5.69 Å². The highest BCUT2D eigenvalue weighted by Gasteiger charge is 2.38. The number of aromatic nitrogens is 2. The second kappa shape index (κ2) is 8.78. The van der Waals surface area contributed by atoms with E-state index in [1.54, 1.807) is 30.5 Å². The Labute approximate surface area is 180 Å². The molecule has 1 saturated heterocycles. The number of nitrogens with zero attached hydrogens (tertiary/aromatic N) is 2. The number of para-hydroxylation sites is 1. The summed E-state index contributed by atoms with van der Waals surface area (Å²) < 4.78 is 12.1. The summed E-state index contributed by atoms with van der Waals surface area (Å²) in [7, 11) is 1.29. The van der Waals surface area contributed by atoms with Crippen LogP contribution in [0.2, 0.25) is 5.02 Å². The third-order valence-electron chi connectivity index (χ3n) is 6.07. The maximum Gasteiger partial charge on any atom is 0.340 e. The molecular weight excluding hydrogens is 406 g/mol. The number of rotatable bonds is 4. The summed E-state index contributed by atoms with van der Waals surface area (Å²) in [5.74, 6) is -0.544. The van der Waals surface area contributed by atoms with Gasteiger partial charge in [-0.05, 0) is 37.8 Å². The Morgan fingerprint density at radius 1 is 1.30 bits per heavy atom. The minimum absolute atomic E-state index is 0.0499. The van der Waals surface area contributed by atoms with Gasteiger partial charge in [-0.3, -0.25) is 4.79 Å². The Kier molecular flexibility index (Phi) is 6.11. The number of esters is 1. The monoisotopic (exact) mass is 431 g/mol. The predicted molar refractivity (Wildman–Crippen MR) is 115 cm³/mol. The molecule has 1 aliphatic heterocycles. The first-order valence-corrected chi connectivity index (χ1v) is 10.8. The molecule has 1 aliphatic carbocycles. The van der Waals surface area contributed by atoms with E-state index in [1.807, 2.05) is 0 Å². The molecule has 8 heteroatoms. The van der Waals surface area contributed by atoms with Gasteiger partial charge in [-0.2, -0.15) is 9.78 Å². The molecule has 4 rings (SSSR count). The zero-order chi connectivity index (χ0) is 21.1. The fourth-order valence-corrected chi connectivity index (χ4v) is 4.74. The van der Waals surface area contributed by atoms with Crippen LogP contribution in [0.25, 0.3) is 5.69 Å². The van der Waals surface area contributed by atoms with Crippen molar-refractivity contribution in [2.24, 2.45) is 0 Å². The van der Waals surface area contributed by atoms with Crippen molar-refractivity contribution >= 4 is 23.3 Å². The van der Waals surface area contributed by atoms with Gasteiger partial charge < -0.3 is 14.8 Å². The van der Waals surface area contributed by atoms with Gasteiger partial charge in [0.2, 0.25) is 0 Å². The molecule has 1 aromatic heterocycles. The summed E-state index contributed by atoms with van der Waals surface area (Å²) >= 11 is 6.43. The molecule has 2 aliphatic rings. The summed E-state index contributed by atoms with van der Waals surface area (Å²) in [5.41, 5.74) is 0.538. The van der Waals surface area contributed by atoms with Crippen LogP contribution in [0.1, 0.15) is 55.3 Å². The number of anilines is 1. The molecule has 30 heavy (non-hydrogen) atoms. The number of carbonyl (C=O) groups excluding carboxylic acids is 1. The molecule has 7 nitrogen and oxygen atoms in total. The van der Waals surface area contributed by atoms with Crippen LogP contribution in [0.5, 0.6) is 0 Å². The quantitative estimate of drug-likeness (QED) is 0.737. The molecule has 1 atom stereocenters. The second-order valence-electron chi connectivity index (χ2n) is 8.02. The third kappa shape index (κ3) is 4.09. The number of carbonyl (C=O) groups is 1. The van der Waals surface area contributed by atoms with E-state index >= 15 is 0 Å². The second-order valence-corrected chi connectivity index (χ2v) is 8.40. The molecule has 1 N–H and O–H groups in total. The average Bonchev–Trinajstić information content (AvgIpc) is 2.77. The van der Waals surface area contributed by atoms with Crippen molar-refractivity contribution in [3.63, 3.8) is 0 Å². The van der Waals surface area contributed by atoms with E-state index in [2.05, 4.69) is 10.4 Å². The Bertz CT molecular complexity index is 979. The summed E-state index contributed by atoms with van der Waals surface area (Å²) in [5, 5.41) is 7.73. The van der Waals surface area contributed by atoms with Crippen LogP contribution >= 0.6 is 11.6 Å². The first-order valence-electron chi connectivity index (χ1n) is 10.4. The fourth-order valence-electron chi connectivity index (χ4n) is 4.56. The lowest BCUT2D eigenvalue weighted by Crippen LogP contribution is -2.45. The molecule has 0 radical (unpaired) electrons. The van der Waals surface area contributed by atoms with E-state index in [0.29, 0.717) is 18.0 Å². The van der Waals surface area contributed by atoms with Crippen LogP contribution in [-0.2, 0) is 9.47 Å². The van der Waals surface area contributed by atoms with Crippen molar-refractivity contribution < 1.29 is 14.3 Å². The standard InChI is InChI=1S/C22H26ClN3O4/c1-29-21(28)16-7-3-4-8-18(16)26-20(27)19(23)17(14-24-26)25-15-9-12-30-22(13-15)10-5-2-6-11-22/h3-4,7-8,14-15,25H,2,5-6,9-13H2,1H3. The lowest BCUT2D eigenvalue weighted by Gasteiger charge is -2.43. The molecule has 2 heterocycles. The highest BCUT2D eigenvalue weighted by atomic mass is 35.5. The first kappa shape index (κ1) is 20.9. The molecule has 160 valence electrons. The Morgan fingerprint density at radius 2 is 2.07 bits per heavy atom. The summed E-state index contributed by atoms with van der Waals surface area (Å²) in [4.78, 5) is 25.0. The number of benzene rings is 1. The van der Waals surface area contributed by atoms with E-state index in [4.69, 9.17) is 21.1 Å². The van der Waals surface area contributed by atoms with Crippen LogP contribution in [0.3, 0.4) is 0 Å². The Hall–Kier alpha value is -2.38. The maximum atomic E-state index is 12.9. The summed E-state index contributed by atoms with van der Waals surface area (Å²) in [6.07, 6.45) is 9.14. The van der Waals surface area contributed by atoms with E-state index in [-0.39, 0.29) is 22.2 Å². The molecule has 1 spiro atoms. The highest BCUT2D eigenvalue weighted by Crippen LogP contribution is 2.39. The van der Waals surface area contributed by atoms with Gasteiger partial charge in [-0.15, -0.1) is 0 Å². The zero-order valence-corrected chi connectivity index (χ0v) is 17.8. The number of halogens is 1. The number of methoxy groups -OCH3 is 1. The van der Waals surface area contributed by atoms with Crippen LogP contribution in [0.15, 0.2) is 35.3 Å². The van der Waals surface area contributed by atoms with E-state index < -0.39 is 11.5 Å². The number of hydrogen-bond donors (Lipinski definition) is 1. The molecule has 1 aromatic carbocycles. The lowest BCUT2D eigenvalue weighted by molar-refractivity contribution is -0.103. The number of hydrogen-bond acceptors (Lipinski definition) is 6. The zero-order valence-electron chi connectivity index (χ0n) is 17.0. The molecule has 2 aromatic rings. The van der Waals surface area contributed by atoms with Crippen molar-refractivity contribution in [3.8, 4) is 5.69 Å². The normalized spacial score (nSPS) is 20.7. The van der Waals surface area contributed by atoms with Crippen molar-refractivity contribution in [2.45, 2.75) is 56.6 Å². The maximum absolute atomic E-state index is 12.9. The largest absolute Gasteiger partial charge is 0.465 e. The van der Waals surface area contributed by atoms with Crippen LogP contribution in [-0.4, -0.2) is 41.1 Å². The number of nitrogens with one attached hydrogen (secondary N) is 1. The third-order valence-corrected chi connectivity index (χ3v) is 6.44. The van der Waals surface area contributed by atoms with Crippen LogP contribution in [0, 0.1) is 0 Å². The topological polar surface area (TPSA) is 82.5 Å². The van der Waals surface area contributed by atoms with Gasteiger partial charge in [0, 0.05) is 12.6 Å². The van der Waals surface area contributed by atoms with E-state index in [0.717, 1.165) is 30.4 Å². The van der Waals surface area contributed by atoms with Gasteiger partial charge in [0.15, 0.2) is 0 Å². The fraction of sp³-hybridized carbons (Fsp3) is 0.500. The predicted octanol–water partition coefficient (Wildman–Crippen LogP) is 3.97. The van der Waals surface area contributed by atoms with Crippen molar-refractivity contribution in [1.29, 1.82) is 0 Å². The molecular formula is C22H26ClN3O4. The van der Waals surface area contributed by atoms with Gasteiger partial charge >= 0.3 is 5.97 Å². The van der Waals surface area contributed by atoms with Crippen molar-refractivity contribution in [3.05, 3.63) is 51.4 Å². The van der Waals surface area contributed by atoms with Crippen molar-refractivity contribution in [2.75, 3.05) is 19.0 Å². The van der Waals surface area contributed by atoms with Gasteiger partial charge in [-0.25, -0.2) is 4.79 Å². The van der Waals surface area contributed by atoms with Gasteiger partial charge in [0.05, 0.1) is 35.8 Å². The molecule has 0 bridgehead atoms. The smallest absolute Gasteiger partial charge is 0.340 e. The average molecular weight is 432 g/mol. The minimum atomic E-state index is -0.544. The molecule has 1 unspecified atom stereocenters. The Balaban J connectivity index is 1.58. The molecule has 2 fully saturated rings. The van der Waals surface area contributed by atoms with Crippen LogP contribution < -0.4 is 10.9 Å².